The first-order valence-electron chi connectivity index (χ1n) is 10.1. The van der Waals surface area contributed by atoms with E-state index in [1.54, 1.807) is 25.3 Å². The minimum atomic E-state index is -0.708. The molecular formula is C25H22BrN3O3. The fourth-order valence-corrected chi connectivity index (χ4v) is 3.45. The summed E-state index contributed by atoms with van der Waals surface area (Å²) in [7, 11) is 0. The number of carbonyl (C=O) groups is 1. The van der Waals surface area contributed by atoms with E-state index in [0.717, 1.165) is 32.3 Å². The lowest BCUT2D eigenvalue weighted by Crippen LogP contribution is -2.33. The molecule has 0 saturated heterocycles. The molecule has 0 radical (unpaired) electrons. The zero-order valence-electron chi connectivity index (χ0n) is 17.4. The van der Waals surface area contributed by atoms with Crippen LogP contribution in [-0.2, 0) is 11.4 Å². The lowest BCUT2D eigenvalue weighted by molar-refractivity contribution is -0.127. The van der Waals surface area contributed by atoms with Crippen LogP contribution in [-0.4, -0.2) is 23.2 Å². The van der Waals surface area contributed by atoms with Crippen molar-refractivity contribution in [1.82, 2.24) is 10.4 Å². The summed E-state index contributed by atoms with van der Waals surface area (Å²) in [6.45, 7) is 2.17. The summed E-state index contributed by atoms with van der Waals surface area (Å²) in [6, 6.07) is 23.1. The second-order valence-corrected chi connectivity index (χ2v) is 8.09. The van der Waals surface area contributed by atoms with Gasteiger partial charge in [-0.1, -0.05) is 46.3 Å². The number of nitrogens with one attached hydrogen (secondary N) is 2. The van der Waals surface area contributed by atoms with Crippen molar-refractivity contribution in [1.29, 1.82) is 0 Å². The molecule has 4 aromatic rings. The summed E-state index contributed by atoms with van der Waals surface area (Å²) in [6.07, 6.45) is 2.74. The average Bonchev–Trinajstić information content (AvgIpc) is 3.21. The van der Waals surface area contributed by atoms with Crippen molar-refractivity contribution in [2.24, 2.45) is 5.10 Å². The molecule has 1 heterocycles. The Bertz CT molecular complexity index is 1220. The predicted molar refractivity (Wildman–Crippen MR) is 129 cm³/mol. The molecule has 1 aromatic heterocycles. The molecule has 0 aliphatic rings. The Morgan fingerprint density at radius 3 is 2.62 bits per heavy atom. The van der Waals surface area contributed by atoms with Crippen LogP contribution in [0, 0.1) is 0 Å². The van der Waals surface area contributed by atoms with Gasteiger partial charge in [-0.05, 0) is 55.0 Å². The van der Waals surface area contributed by atoms with E-state index in [4.69, 9.17) is 9.47 Å². The molecule has 6 nitrogen and oxygen atoms in total. The number of ether oxygens (including phenoxy) is 2. The van der Waals surface area contributed by atoms with Gasteiger partial charge in [0, 0.05) is 27.1 Å². The molecule has 1 atom stereocenters. The molecular weight excluding hydrogens is 470 g/mol. The van der Waals surface area contributed by atoms with E-state index in [1.165, 1.54) is 0 Å². The van der Waals surface area contributed by atoms with E-state index >= 15 is 0 Å². The third-order valence-corrected chi connectivity index (χ3v) is 5.30. The second-order valence-electron chi connectivity index (χ2n) is 7.17. The van der Waals surface area contributed by atoms with E-state index in [9.17, 15) is 4.79 Å². The lowest BCUT2D eigenvalue weighted by Gasteiger charge is -2.13. The van der Waals surface area contributed by atoms with Gasteiger partial charge in [-0.25, -0.2) is 5.43 Å². The Balaban J connectivity index is 1.28. The largest absolute Gasteiger partial charge is 0.489 e. The highest BCUT2D eigenvalue weighted by Gasteiger charge is 2.14. The fraction of sp³-hybridized carbons (Fsp3) is 0.120. The molecule has 32 heavy (non-hydrogen) atoms. The Kier molecular flexibility index (Phi) is 6.87. The Labute approximate surface area is 194 Å². The summed E-state index contributed by atoms with van der Waals surface area (Å²) in [4.78, 5) is 15.5. The van der Waals surface area contributed by atoms with Gasteiger partial charge in [-0.15, -0.1) is 0 Å². The fourth-order valence-electron chi connectivity index (χ4n) is 3.09. The van der Waals surface area contributed by atoms with E-state index in [1.807, 2.05) is 66.9 Å². The van der Waals surface area contributed by atoms with Crippen LogP contribution in [0.1, 0.15) is 18.1 Å². The Morgan fingerprint density at radius 2 is 1.84 bits per heavy atom. The molecule has 0 fully saturated rings. The summed E-state index contributed by atoms with van der Waals surface area (Å²) >= 11 is 3.46. The van der Waals surface area contributed by atoms with Crippen molar-refractivity contribution >= 4 is 39.0 Å². The van der Waals surface area contributed by atoms with Crippen molar-refractivity contribution in [3.05, 3.63) is 94.6 Å². The van der Waals surface area contributed by atoms with Crippen LogP contribution in [0.15, 0.2) is 88.6 Å². The zero-order valence-corrected chi connectivity index (χ0v) is 19.0. The summed E-state index contributed by atoms with van der Waals surface area (Å²) in [5.74, 6) is 0.963. The first kappa shape index (κ1) is 21.6. The van der Waals surface area contributed by atoms with Crippen LogP contribution in [0.2, 0.25) is 0 Å². The Hall–Kier alpha value is -3.58. The number of fused-ring (bicyclic) bond motifs is 1. The van der Waals surface area contributed by atoms with Gasteiger partial charge in [0.15, 0.2) is 6.10 Å². The normalized spacial score (nSPS) is 12.1. The molecule has 0 saturated carbocycles. The quantitative estimate of drug-likeness (QED) is 0.255. The molecule has 0 aliphatic carbocycles. The minimum absolute atomic E-state index is 0.341. The standard InChI is InChI=1S/C25H22BrN3O3/c1-17(25(30)29-28-15-19-14-27-24-12-7-20(26)13-23(19)24)32-22-10-8-21(9-11-22)31-16-18-5-3-2-4-6-18/h2-15,17,27H,16H2,1H3,(H,29,30)/b28-15-/t17-/m0/s1. The van der Waals surface area contributed by atoms with Gasteiger partial charge in [0.25, 0.3) is 5.91 Å². The van der Waals surface area contributed by atoms with Crippen LogP contribution in [0.4, 0.5) is 0 Å². The van der Waals surface area contributed by atoms with E-state index in [-0.39, 0.29) is 5.91 Å². The molecule has 2 N–H and O–H groups in total. The number of rotatable bonds is 8. The number of halogens is 1. The number of nitrogens with zero attached hydrogens (tertiary/aromatic N) is 1. The number of amides is 1. The maximum atomic E-state index is 12.3. The van der Waals surface area contributed by atoms with E-state index in [0.29, 0.717) is 12.4 Å². The lowest BCUT2D eigenvalue weighted by atomic mass is 10.2. The summed E-state index contributed by atoms with van der Waals surface area (Å²) in [5.41, 5.74) is 5.49. The average molecular weight is 492 g/mol. The number of benzene rings is 3. The number of aromatic nitrogens is 1. The highest BCUT2D eigenvalue weighted by molar-refractivity contribution is 9.10. The number of carbonyl (C=O) groups excluding carboxylic acids is 1. The summed E-state index contributed by atoms with van der Waals surface area (Å²) < 4.78 is 12.5. The molecule has 4 rings (SSSR count). The molecule has 0 spiro atoms. The predicted octanol–water partition coefficient (Wildman–Crippen LogP) is 5.43. The molecule has 0 unspecified atom stereocenters. The first-order chi connectivity index (χ1) is 15.6. The number of hydrazone groups is 1. The molecule has 162 valence electrons. The minimum Gasteiger partial charge on any atom is -0.489 e. The van der Waals surface area contributed by atoms with Gasteiger partial charge >= 0.3 is 0 Å². The van der Waals surface area contributed by atoms with Crippen LogP contribution < -0.4 is 14.9 Å². The molecule has 3 aromatic carbocycles. The van der Waals surface area contributed by atoms with Gasteiger partial charge in [-0.3, -0.25) is 4.79 Å². The maximum absolute atomic E-state index is 12.3. The SMILES string of the molecule is C[C@H](Oc1ccc(OCc2ccccc2)cc1)C(=O)N/N=C\c1c[nH]c2ccc(Br)cc12. The molecule has 0 aliphatic heterocycles. The van der Waals surface area contributed by atoms with E-state index < -0.39 is 6.10 Å². The van der Waals surface area contributed by atoms with Crippen LogP contribution in [0.3, 0.4) is 0 Å². The number of H-pyrrole nitrogens is 1. The van der Waals surface area contributed by atoms with Crippen molar-refractivity contribution in [2.75, 3.05) is 0 Å². The van der Waals surface area contributed by atoms with Crippen LogP contribution in [0.25, 0.3) is 10.9 Å². The number of hydrogen-bond acceptors (Lipinski definition) is 4. The van der Waals surface area contributed by atoms with Crippen molar-refractivity contribution in [2.45, 2.75) is 19.6 Å². The first-order valence-corrected chi connectivity index (χ1v) is 10.9. The van der Waals surface area contributed by atoms with Crippen molar-refractivity contribution in [3.8, 4) is 11.5 Å². The molecule has 7 heteroatoms. The van der Waals surface area contributed by atoms with Gasteiger partial charge in [0.2, 0.25) is 0 Å². The summed E-state index contributed by atoms with van der Waals surface area (Å²) in [5, 5.41) is 5.07. The Morgan fingerprint density at radius 1 is 1.09 bits per heavy atom. The van der Waals surface area contributed by atoms with Gasteiger partial charge in [0.05, 0.1) is 6.21 Å². The van der Waals surface area contributed by atoms with E-state index in [2.05, 4.69) is 31.4 Å². The maximum Gasteiger partial charge on any atom is 0.280 e. The molecule has 1 amide bonds. The van der Waals surface area contributed by atoms with Crippen LogP contribution >= 0.6 is 15.9 Å². The number of aromatic amines is 1. The van der Waals surface area contributed by atoms with Gasteiger partial charge < -0.3 is 14.5 Å². The monoisotopic (exact) mass is 491 g/mol. The highest BCUT2D eigenvalue weighted by Crippen LogP contribution is 2.22. The van der Waals surface area contributed by atoms with Gasteiger partial charge in [-0.2, -0.15) is 5.10 Å². The number of hydrogen-bond donors (Lipinski definition) is 2. The van der Waals surface area contributed by atoms with Crippen molar-refractivity contribution in [3.63, 3.8) is 0 Å². The smallest absolute Gasteiger partial charge is 0.280 e. The van der Waals surface area contributed by atoms with Crippen LogP contribution in [0.5, 0.6) is 11.5 Å². The van der Waals surface area contributed by atoms with Gasteiger partial charge in [0.1, 0.15) is 18.1 Å². The molecule has 0 bridgehead atoms. The third kappa shape index (κ3) is 5.56. The topological polar surface area (TPSA) is 75.7 Å². The zero-order chi connectivity index (χ0) is 22.3. The van der Waals surface area contributed by atoms with Crippen molar-refractivity contribution < 1.29 is 14.3 Å². The second kappa shape index (κ2) is 10.2. The third-order valence-electron chi connectivity index (χ3n) is 4.81. The highest BCUT2D eigenvalue weighted by atomic mass is 79.9.